The standard InChI is InChI=1S/C21H24FN5O2S/c1-2-15-24-16-17(20(25-15)27-11-9-21(7-8-21)10-12-27)26-19(23)18(16)30(28,29)14-6-4-3-5-13(14)22/h3-6,26H,2,7-12,23H2,1H3. The van der Waals surface area contributed by atoms with Crippen LogP contribution in [-0.4, -0.2) is 36.5 Å². The Hall–Kier alpha value is -2.68. The number of fused-ring (bicyclic) bond motifs is 1. The van der Waals surface area contributed by atoms with Gasteiger partial charge in [0, 0.05) is 19.5 Å². The van der Waals surface area contributed by atoms with E-state index >= 15 is 0 Å². The molecule has 1 aliphatic carbocycles. The lowest BCUT2D eigenvalue weighted by molar-refractivity contribution is 0.383. The van der Waals surface area contributed by atoms with E-state index in [1.54, 1.807) is 0 Å². The molecule has 2 fully saturated rings. The summed E-state index contributed by atoms with van der Waals surface area (Å²) in [7, 11) is -4.20. The molecular weight excluding hydrogens is 405 g/mol. The molecule has 158 valence electrons. The van der Waals surface area contributed by atoms with Crippen LogP contribution in [0.25, 0.3) is 11.0 Å². The minimum atomic E-state index is -4.20. The number of rotatable bonds is 4. The van der Waals surface area contributed by atoms with E-state index in [1.165, 1.54) is 31.0 Å². The molecule has 3 heterocycles. The predicted octanol–water partition coefficient (Wildman–Crippen LogP) is 3.45. The number of anilines is 2. The Labute approximate surface area is 174 Å². The Morgan fingerprint density at radius 2 is 1.87 bits per heavy atom. The molecular formula is C21H24FN5O2S. The monoisotopic (exact) mass is 429 g/mol. The van der Waals surface area contributed by atoms with Crippen LogP contribution in [0.15, 0.2) is 34.1 Å². The molecule has 0 atom stereocenters. The Morgan fingerprint density at radius 3 is 2.50 bits per heavy atom. The van der Waals surface area contributed by atoms with Gasteiger partial charge in [-0.05, 0) is 43.2 Å². The van der Waals surface area contributed by atoms with Gasteiger partial charge in [-0.1, -0.05) is 19.1 Å². The molecule has 0 bridgehead atoms. The summed E-state index contributed by atoms with van der Waals surface area (Å²) in [6, 6.07) is 5.30. The van der Waals surface area contributed by atoms with E-state index in [2.05, 4.69) is 14.9 Å². The summed E-state index contributed by atoms with van der Waals surface area (Å²) in [5.74, 6) is 0.344. The van der Waals surface area contributed by atoms with Crippen LogP contribution < -0.4 is 10.6 Å². The number of aryl methyl sites for hydroxylation is 1. The van der Waals surface area contributed by atoms with Crippen LogP contribution in [0.5, 0.6) is 0 Å². The van der Waals surface area contributed by atoms with E-state index < -0.39 is 20.5 Å². The van der Waals surface area contributed by atoms with Crippen molar-refractivity contribution < 1.29 is 12.8 Å². The van der Waals surface area contributed by atoms with E-state index in [0.29, 0.717) is 29.0 Å². The fourth-order valence-corrected chi connectivity index (χ4v) is 5.94. The molecule has 1 aliphatic heterocycles. The van der Waals surface area contributed by atoms with Gasteiger partial charge in [0.2, 0.25) is 9.84 Å². The van der Waals surface area contributed by atoms with E-state index in [-0.39, 0.29) is 16.2 Å². The predicted molar refractivity (Wildman–Crippen MR) is 113 cm³/mol. The van der Waals surface area contributed by atoms with Crippen molar-refractivity contribution in [2.45, 2.75) is 48.8 Å². The third kappa shape index (κ3) is 2.94. The minimum absolute atomic E-state index is 0.0484. The first kappa shape index (κ1) is 19.3. The van der Waals surface area contributed by atoms with Crippen LogP contribution in [0.3, 0.4) is 0 Å². The molecule has 1 aromatic carbocycles. The van der Waals surface area contributed by atoms with Crippen molar-refractivity contribution in [3.8, 4) is 0 Å². The number of H-pyrrole nitrogens is 1. The van der Waals surface area contributed by atoms with Crippen LogP contribution in [-0.2, 0) is 16.3 Å². The molecule has 0 amide bonds. The van der Waals surface area contributed by atoms with Crippen molar-refractivity contribution in [1.29, 1.82) is 0 Å². The Kier molecular flexibility index (Phi) is 4.29. The first-order valence-electron chi connectivity index (χ1n) is 10.3. The van der Waals surface area contributed by atoms with Gasteiger partial charge in [0.15, 0.2) is 5.82 Å². The van der Waals surface area contributed by atoms with Crippen molar-refractivity contribution in [1.82, 2.24) is 15.0 Å². The van der Waals surface area contributed by atoms with Crippen LogP contribution >= 0.6 is 0 Å². The number of aromatic amines is 1. The highest BCUT2D eigenvalue weighted by Gasteiger charge is 2.45. The number of piperidine rings is 1. The summed E-state index contributed by atoms with van der Waals surface area (Å²) in [5, 5.41) is 0. The molecule has 2 aliphatic rings. The first-order chi connectivity index (χ1) is 14.3. The van der Waals surface area contributed by atoms with E-state index in [0.717, 1.165) is 32.0 Å². The van der Waals surface area contributed by atoms with Gasteiger partial charge in [0.1, 0.15) is 38.3 Å². The van der Waals surface area contributed by atoms with Gasteiger partial charge in [-0.25, -0.2) is 22.8 Å². The molecule has 1 spiro atoms. The third-order valence-corrected chi connectivity index (χ3v) is 8.31. The summed E-state index contributed by atoms with van der Waals surface area (Å²) in [6.45, 7) is 3.65. The van der Waals surface area contributed by atoms with Crippen LogP contribution in [0.1, 0.15) is 38.4 Å². The highest BCUT2D eigenvalue weighted by molar-refractivity contribution is 7.92. The smallest absolute Gasteiger partial charge is 0.215 e. The molecule has 9 heteroatoms. The third-order valence-electron chi connectivity index (χ3n) is 6.45. The molecule has 0 radical (unpaired) electrons. The number of nitrogens with zero attached hydrogens (tertiary/aromatic N) is 3. The molecule has 1 saturated heterocycles. The average molecular weight is 430 g/mol. The Morgan fingerprint density at radius 1 is 1.17 bits per heavy atom. The molecule has 3 N–H and O–H groups in total. The maximum atomic E-state index is 14.3. The zero-order valence-electron chi connectivity index (χ0n) is 16.8. The van der Waals surface area contributed by atoms with Gasteiger partial charge >= 0.3 is 0 Å². The fourth-order valence-electron chi connectivity index (χ4n) is 4.39. The highest BCUT2D eigenvalue weighted by atomic mass is 32.2. The first-order valence-corrected chi connectivity index (χ1v) is 11.8. The fraction of sp³-hybridized carbons (Fsp3) is 0.429. The van der Waals surface area contributed by atoms with Gasteiger partial charge in [0.25, 0.3) is 0 Å². The van der Waals surface area contributed by atoms with Gasteiger partial charge in [0.05, 0.1) is 0 Å². The lowest BCUT2D eigenvalue weighted by Gasteiger charge is -2.33. The molecule has 2 aromatic heterocycles. The van der Waals surface area contributed by atoms with E-state index in [1.807, 2.05) is 6.92 Å². The number of halogens is 1. The molecule has 3 aromatic rings. The van der Waals surface area contributed by atoms with Gasteiger partial charge in [-0.3, -0.25) is 0 Å². The van der Waals surface area contributed by atoms with Crippen molar-refractivity contribution in [3.63, 3.8) is 0 Å². The SMILES string of the molecule is CCc1nc(N2CCC3(CC2)CC3)c2[nH]c(N)c(S(=O)(=O)c3ccccc3F)c2n1. The summed E-state index contributed by atoms with van der Waals surface area (Å²) >= 11 is 0. The van der Waals surface area contributed by atoms with Crippen molar-refractivity contribution in [2.24, 2.45) is 5.41 Å². The number of hydrogen-bond donors (Lipinski definition) is 2. The zero-order valence-corrected chi connectivity index (χ0v) is 17.6. The second kappa shape index (κ2) is 6.66. The van der Waals surface area contributed by atoms with Crippen molar-refractivity contribution >= 4 is 32.5 Å². The maximum absolute atomic E-state index is 14.3. The lowest BCUT2D eigenvalue weighted by Crippen LogP contribution is -2.35. The van der Waals surface area contributed by atoms with Crippen molar-refractivity contribution in [2.75, 3.05) is 23.7 Å². The maximum Gasteiger partial charge on any atom is 0.215 e. The molecule has 7 nitrogen and oxygen atoms in total. The quantitative estimate of drug-likeness (QED) is 0.658. The number of benzene rings is 1. The van der Waals surface area contributed by atoms with Crippen LogP contribution in [0.4, 0.5) is 16.0 Å². The van der Waals surface area contributed by atoms with E-state index in [9.17, 15) is 12.8 Å². The topological polar surface area (TPSA) is 105 Å². The van der Waals surface area contributed by atoms with E-state index in [4.69, 9.17) is 10.7 Å². The van der Waals surface area contributed by atoms with Gasteiger partial charge < -0.3 is 15.6 Å². The summed E-state index contributed by atoms with van der Waals surface area (Å²) in [4.78, 5) is 13.8. The van der Waals surface area contributed by atoms with Crippen molar-refractivity contribution in [3.05, 3.63) is 35.9 Å². The second-order valence-corrected chi connectivity index (χ2v) is 10.2. The van der Waals surface area contributed by atoms with Crippen LogP contribution in [0, 0.1) is 11.2 Å². The molecule has 1 saturated carbocycles. The number of nitrogens with two attached hydrogens (primary N) is 1. The minimum Gasteiger partial charge on any atom is -0.384 e. The molecule has 30 heavy (non-hydrogen) atoms. The lowest BCUT2D eigenvalue weighted by atomic mass is 9.94. The van der Waals surface area contributed by atoms with Gasteiger partial charge in [-0.15, -0.1) is 0 Å². The zero-order chi connectivity index (χ0) is 21.1. The number of nitrogen functional groups attached to an aromatic ring is 1. The summed E-state index contributed by atoms with van der Waals surface area (Å²) < 4.78 is 41.0. The molecule has 5 rings (SSSR count). The normalized spacial score (nSPS) is 18.3. The number of sulfone groups is 1. The molecule has 0 unspecified atom stereocenters. The Balaban J connectivity index is 1.68. The van der Waals surface area contributed by atoms with Gasteiger partial charge in [-0.2, -0.15) is 0 Å². The summed E-state index contributed by atoms with van der Waals surface area (Å²) in [6.07, 6.45) is 5.35. The second-order valence-electron chi connectivity index (χ2n) is 8.33. The summed E-state index contributed by atoms with van der Waals surface area (Å²) in [5.41, 5.74) is 7.35. The number of nitrogens with one attached hydrogen (secondary N) is 1. The number of hydrogen-bond acceptors (Lipinski definition) is 6. The Bertz CT molecular complexity index is 1240. The number of aromatic nitrogens is 3. The van der Waals surface area contributed by atoms with Crippen LogP contribution in [0.2, 0.25) is 0 Å². The average Bonchev–Trinajstić information content (AvgIpc) is 3.38. The largest absolute Gasteiger partial charge is 0.384 e. The highest BCUT2D eigenvalue weighted by Crippen LogP contribution is 2.54.